The maximum atomic E-state index is 12.2. The van der Waals surface area contributed by atoms with Gasteiger partial charge in [0.15, 0.2) is 11.0 Å². The Morgan fingerprint density at radius 3 is 2.63 bits per heavy atom. The topological polar surface area (TPSA) is 69.0 Å². The number of rotatable bonds is 6. The minimum absolute atomic E-state index is 0.112. The summed E-state index contributed by atoms with van der Waals surface area (Å²) in [4.78, 5) is 12.2. The molecule has 3 aromatic rings. The van der Waals surface area contributed by atoms with Gasteiger partial charge in [0.1, 0.15) is 5.75 Å². The molecule has 0 unspecified atom stereocenters. The van der Waals surface area contributed by atoms with Gasteiger partial charge in [0.2, 0.25) is 5.91 Å². The van der Waals surface area contributed by atoms with E-state index in [0.29, 0.717) is 10.2 Å². The van der Waals surface area contributed by atoms with E-state index in [4.69, 9.17) is 16.3 Å². The first-order valence-electron chi connectivity index (χ1n) is 8.20. The van der Waals surface area contributed by atoms with Crippen LogP contribution >= 0.6 is 23.4 Å². The van der Waals surface area contributed by atoms with Crippen LogP contribution in [0.15, 0.2) is 47.6 Å². The highest BCUT2D eigenvalue weighted by Crippen LogP contribution is 2.25. The summed E-state index contributed by atoms with van der Waals surface area (Å²) >= 11 is 7.27. The van der Waals surface area contributed by atoms with Crippen molar-refractivity contribution in [1.82, 2.24) is 14.8 Å². The van der Waals surface area contributed by atoms with E-state index < -0.39 is 0 Å². The summed E-state index contributed by atoms with van der Waals surface area (Å²) in [5.41, 5.74) is 2.60. The smallest absolute Gasteiger partial charge is 0.234 e. The van der Waals surface area contributed by atoms with Gasteiger partial charge in [-0.1, -0.05) is 23.4 Å². The van der Waals surface area contributed by atoms with E-state index >= 15 is 0 Å². The first-order valence-corrected chi connectivity index (χ1v) is 9.57. The Hall–Kier alpha value is -2.51. The maximum Gasteiger partial charge on any atom is 0.234 e. The first kappa shape index (κ1) is 19.3. The second-order valence-electron chi connectivity index (χ2n) is 5.89. The van der Waals surface area contributed by atoms with Crippen LogP contribution in [0.5, 0.6) is 5.75 Å². The molecule has 27 heavy (non-hydrogen) atoms. The van der Waals surface area contributed by atoms with Gasteiger partial charge in [0.25, 0.3) is 0 Å². The van der Waals surface area contributed by atoms with E-state index in [1.54, 1.807) is 19.2 Å². The van der Waals surface area contributed by atoms with E-state index in [2.05, 4.69) is 15.5 Å². The van der Waals surface area contributed by atoms with Gasteiger partial charge >= 0.3 is 0 Å². The van der Waals surface area contributed by atoms with Crippen molar-refractivity contribution < 1.29 is 9.53 Å². The van der Waals surface area contributed by atoms with E-state index in [0.717, 1.165) is 28.4 Å². The molecule has 0 spiro atoms. The molecule has 0 saturated heterocycles. The number of amides is 1. The molecule has 0 atom stereocenters. The maximum absolute atomic E-state index is 12.2. The summed E-state index contributed by atoms with van der Waals surface area (Å²) < 4.78 is 7.04. The van der Waals surface area contributed by atoms with Gasteiger partial charge in [-0.25, -0.2) is 0 Å². The van der Waals surface area contributed by atoms with E-state index in [-0.39, 0.29) is 11.7 Å². The predicted octanol–water partition coefficient (Wildman–Crippen LogP) is 4.18. The van der Waals surface area contributed by atoms with Crippen molar-refractivity contribution in [3.8, 4) is 17.1 Å². The Morgan fingerprint density at radius 2 is 1.96 bits per heavy atom. The fraction of sp³-hybridized carbons (Fsp3) is 0.211. The number of ether oxygens (including phenoxy) is 1. The van der Waals surface area contributed by atoms with Crippen molar-refractivity contribution in [3.63, 3.8) is 0 Å². The molecule has 0 aliphatic heterocycles. The van der Waals surface area contributed by atoms with Crippen molar-refractivity contribution in [2.45, 2.75) is 12.1 Å². The minimum atomic E-state index is -0.112. The average Bonchev–Trinajstić information content (AvgIpc) is 3.03. The molecule has 0 aliphatic rings. The molecular formula is C19H19ClN4O2S. The van der Waals surface area contributed by atoms with Gasteiger partial charge in [-0.3, -0.25) is 4.79 Å². The van der Waals surface area contributed by atoms with Gasteiger partial charge < -0.3 is 14.6 Å². The Bertz CT molecular complexity index is 957. The third-order valence-corrected chi connectivity index (χ3v) is 5.23. The average molecular weight is 403 g/mol. The number of aryl methyl sites for hydroxylation is 1. The Balaban J connectivity index is 1.64. The second-order valence-corrected chi connectivity index (χ2v) is 7.27. The monoisotopic (exact) mass is 402 g/mol. The number of benzene rings is 2. The van der Waals surface area contributed by atoms with Gasteiger partial charge in [-0.2, -0.15) is 0 Å². The lowest BCUT2D eigenvalue weighted by molar-refractivity contribution is -0.113. The molecule has 140 valence electrons. The molecule has 0 fully saturated rings. The van der Waals surface area contributed by atoms with Gasteiger partial charge in [0, 0.05) is 23.3 Å². The largest absolute Gasteiger partial charge is 0.497 e. The second kappa shape index (κ2) is 8.45. The summed E-state index contributed by atoms with van der Waals surface area (Å²) in [5.74, 6) is 1.63. The highest BCUT2D eigenvalue weighted by molar-refractivity contribution is 7.99. The molecular weight excluding hydrogens is 384 g/mol. The summed E-state index contributed by atoms with van der Waals surface area (Å²) in [5, 5.41) is 12.6. The van der Waals surface area contributed by atoms with Crippen molar-refractivity contribution in [1.29, 1.82) is 0 Å². The van der Waals surface area contributed by atoms with Crippen LogP contribution in [0.4, 0.5) is 5.69 Å². The van der Waals surface area contributed by atoms with Gasteiger partial charge in [-0.15, -0.1) is 10.2 Å². The number of carbonyl (C=O) groups is 1. The van der Waals surface area contributed by atoms with Crippen LogP contribution in [0.25, 0.3) is 11.4 Å². The van der Waals surface area contributed by atoms with Crippen molar-refractivity contribution in [2.75, 3.05) is 18.2 Å². The third kappa shape index (κ3) is 4.61. The van der Waals surface area contributed by atoms with Crippen molar-refractivity contribution in [3.05, 3.63) is 53.1 Å². The van der Waals surface area contributed by atoms with E-state index in [9.17, 15) is 4.79 Å². The molecule has 1 amide bonds. The highest BCUT2D eigenvalue weighted by atomic mass is 35.5. The summed E-state index contributed by atoms with van der Waals surface area (Å²) in [6.45, 7) is 1.90. The zero-order chi connectivity index (χ0) is 19.4. The number of nitrogens with one attached hydrogen (secondary N) is 1. The molecule has 3 rings (SSSR count). The van der Waals surface area contributed by atoms with Crippen LogP contribution in [0, 0.1) is 6.92 Å². The SMILES string of the molecule is COc1ccc(-c2nnc(SCC(=O)Nc3ccc(Cl)cc3C)n2C)cc1. The Kier molecular flexibility index (Phi) is 6.03. The molecule has 0 aliphatic carbocycles. The summed E-state index contributed by atoms with van der Waals surface area (Å²) in [7, 11) is 3.51. The first-order chi connectivity index (χ1) is 13.0. The number of thioether (sulfide) groups is 1. The van der Waals surface area contributed by atoms with Crippen LogP contribution in [-0.2, 0) is 11.8 Å². The number of aromatic nitrogens is 3. The quantitative estimate of drug-likeness (QED) is 0.626. The number of carbonyl (C=O) groups excluding carboxylic acids is 1. The summed E-state index contributed by atoms with van der Waals surface area (Å²) in [6.07, 6.45) is 0. The van der Waals surface area contributed by atoms with E-state index in [1.807, 2.05) is 48.9 Å². The number of hydrogen-bond donors (Lipinski definition) is 1. The molecule has 1 N–H and O–H groups in total. The zero-order valence-corrected chi connectivity index (χ0v) is 16.8. The number of anilines is 1. The van der Waals surface area contributed by atoms with Crippen LogP contribution in [0.3, 0.4) is 0 Å². The lowest BCUT2D eigenvalue weighted by Gasteiger charge is -2.08. The lowest BCUT2D eigenvalue weighted by Crippen LogP contribution is -2.15. The zero-order valence-electron chi connectivity index (χ0n) is 15.2. The van der Waals surface area contributed by atoms with E-state index in [1.165, 1.54) is 11.8 Å². The number of methoxy groups -OCH3 is 1. The number of hydrogen-bond acceptors (Lipinski definition) is 5. The molecule has 1 heterocycles. The lowest BCUT2D eigenvalue weighted by atomic mass is 10.2. The molecule has 0 saturated carbocycles. The third-order valence-electron chi connectivity index (χ3n) is 3.98. The van der Waals surface area contributed by atoms with Crippen LogP contribution < -0.4 is 10.1 Å². The predicted molar refractivity (Wildman–Crippen MR) is 109 cm³/mol. The molecule has 0 radical (unpaired) electrons. The number of halogens is 1. The minimum Gasteiger partial charge on any atom is -0.497 e. The fourth-order valence-corrected chi connectivity index (χ4v) is 3.45. The standard InChI is InChI=1S/C19H19ClN4O2S/c1-12-10-14(20)6-9-16(12)21-17(25)11-27-19-23-22-18(24(19)2)13-4-7-15(26-3)8-5-13/h4-10H,11H2,1-3H3,(H,21,25). The fourth-order valence-electron chi connectivity index (χ4n) is 2.52. The van der Waals surface area contributed by atoms with Crippen molar-refractivity contribution >= 4 is 35.0 Å². The van der Waals surface area contributed by atoms with Crippen LogP contribution in [-0.4, -0.2) is 33.5 Å². The normalized spacial score (nSPS) is 10.7. The molecule has 6 nitrogen and oxygen atoms in total. The summed E-state index contributed by atoms with van der Waals surface area (Å²) in [6, 6.07) is 13.0. The van der Waals surface area contributed by atoms with Crippen LogP contribution in [0.1, 0.15) is 5.56 Å². The molecule has 0 bridgehead atoms. The van der Waals surface area contributed by atoms with Crippen molar-refractivity contribution in [2.24, 2.45) is 7.05 Å². The van der Waals surface area contributed by atoms with Crippen LogP contribution in [0.2, 0.25) is 5.02 Å². The highest BCUT2D eigenvalue weighted by Gasteiger charge is 2.13. The van der Waals surface area contributed by atoms with Gasteiger partial charge in [0.05, 0.1) is 12.9 Å². The van der Waals surface area contributed by atoms with Gasteiger partial charge in [-0.05, 0) is 55.0 Å². The molecule has 2 aromatic carbocycles. The Morgan fingerprint density at radius 1 is 1.22 bits per heavy atom. The Labute approximate surface area is 166 Å². The molecule has 1 aromatic heterocycles. The molecule has 8 heteroatoms. The number of nitrogens with zero attached hydrogens (tertiary/aromatic N) is 3.